The van der Waals surface area contributed by atoms with E-state index in [1.54, 1.807) is 44.2 Å². The van der Waals surface area contributed by atoms with Gasteiger partial charge in [0, 0.05) is 0 Å². The molecule has 11 heteroatoms. The highest BCUT2D eigenvalue weighted by molar-refractivity contribution is 7.87. The van der Waals surface area contributed by atoms with Crippen molar-refractivity contribution in [3.8, 4) is 0 Å². The smallest absolute Gasteiger partial charge is 0.443 e. The maximum Gasteiger partial charge on any atom is 0.534 e. The summed E-state index contributed by atoms with van der Waals surface area (Å²) < 4.78 is 69.7. The fraction of sp³-hybridized carbons (Fsp3) is 0.500. The van der Waals surface area contributed by atoms with E-state index in [4.69, 9.17) is 4.74 Å². The Morgan fingerprint density at radius 1 is 1.24 bits per heavy atom. The predicted molar refractivity (Wildman–Crippen MR) is 109 cm³/mol. The Balaban J connectivity index is 0.00000784. The first-order valence-electron chi connectivity index (χ1n) is 8.50. The number of hydrogen-bond donors (Lipinski definition) is 0. The van der Waals surface area contributed by atoms with Gasteiger partial charge in [-0.15, -0.1) is 0 Å². The van der Waals surface area contributed by atoms with E-state index in [1.807, 2.05) is 13.8 Å². The molecule has 0 aromatic carbocycles. The number of carbonyl (C=O) groups excluding carboxylic acids is 1. The van der Waals surface area contributed by atoms with Crippen molar-refractivity contribution in [3.05, 3.63) is 48.3 Å². The zero-order valence-electron chi connectivity index (χ0n) is 16.6. The molecule has 0 aromatic heterocycles. The number of hydrogen-bond acceptors (Lipinski definition) is 5. The van der Waals surface area contributed by atoms with Crippen molar-refractivity contribution in [1.29, 1.82) is 0 Å². The van der Waals surface area contributed by atoms with Crippen molar-refractivity contribution in [2.45, 2.75) is 51.3 Å². The third kappa shape index (κ3) is 8.17. The Morgan fingerprint density at radius 2 is 1.83 bits per heavy atom. The summed E-state index contributed by atoms with van der Waals surface area (Å²) in [6.45, 7) is 6.53. The van der Waals surface area contributed by atoms with Crippen LogP contribution in [0.25, 0.3) is 0 Å². The molecule has 0 saturated carbocycles. The number of ether oxygens (including phenoxy) is 1. The Bertz CT molecular complexity index is 784. The first-order chi connectivity index (χ1) is 12.8. The maximum absolute atomic E-state index is 12.6. The minimum atomic E-state index is -5.82. The number of alkyl halides is 3. The number of allylic oxidation sites excluding steroid dienone is 5. The molecule has 29 heavy (non-hydrogen) atoms. The molecule has 0 spiro atoms. The summed E-state index contributed by atoms with van der Waals surface area (Å²) in [5, 5.41) is 0. The number of carbonyl (C=O) groups is 1. The molecule has 0 bridgehead atoms. The molecular formula is C18H26F3NO5S2. The molecule has 1 heterocycles. The molecule has 0 aromatic rings. The third-order valence-electron chi connectivity index (χ3n) is 3.83. The average molecular weight is 458 g/mol. The van der Waals surface area contributed by atoms with Gasteiger partial charge in [-0.05, 0) is 33.3 Å². The first kappa shape index (κ1) is 27.1. The molecule has 1 aliphatic heterocycles. The van der Waals surface area contributed by atoms with E-state index in [0.717, 1.165) is 11.0 Å². The van der Waals surface area contributed by atoms with E-state index in [9.17, 15) is 26.4 Å². The van der Waals surface area contributed by atoms with Gasteiger partial charge in [-0.25, -0.2) is 4.79 Å². The molecule has 6 nitrogen and oxygen atoms in total. The summed E-state index contributed by atoms with van der Waals surface area (Å²) in [5.74, 6) is -0.504. The Hall–Kier alpha value is -1.88. The normalized spacial score (nSPS) is 18.4. The van der Waals surface area contributed by atoms with Gasteiger partial charge in [0.1, 0.15) is 11.4 Å². The van der Waals surface area contributed by atoms with Crippen LogP contribution < -0.4 is 0 Å². The maximum atomic E-state index is 12.6. The van der Waals surface area contributed by atoms with E-state index in [1.165, 1.54) is 6.08 Å². The lowest BCUT2D eigenvalue weighted by molar-refractivity contribution is -0.0523. The van der Waals surface area contributed by atoms with Crippen molar-refractivity contribution >= 4 is 29.7 Å². The van der Waals surface area contributed by atoms with E-state index in [2.05, 4.69) is 4.18 Å². The van der Waals surface area contributed by atoms with Crippen LogP contribution >= 0.6 is 13.5 Å². The summed E-state index contributed by atoms with van der Waals surface area (Å²) in [7, 11) is -5.82. The fourth-order valence-corrected chi connectivity index (χ4v) is 2.46. The van der Waals surface area contributed by atoms with Crippen LogP contribution in [0.3, 0.4) is 0 Å². The van der Waals surface area contributed by atoms with E-state index in [0.29, 0.717) is 6.42 Å². The van der Waals surface area contributed by atoms with Gasteiger partial charge in [0.15, 0.2) is 0 Å². The minimum absolute atomic E-state index is 0. The molecule has 166 valence electrons. The second-order valence-corrected chi connectivity index (χ2v) is 8.05. The SMILES string of the molecule is C\C=C/C=C\C=C\[C@@H]1C=C(OS(=O)(=O)C(F)(F)F)CN1C(=O)OC(C)(C)CC.S. The highest BCUT2D eigenvalue weighted by atomic mass is 32.2. The van der Waals surface area contributed by atoms with E-state index in [-0.39, 0.29) is 13.5 Å². The summed E-state index contributed by atoms with van der Waals surface area (Å²) in [4.78, 5) is 13.5. The van der Waals surface area contributed by atoms with Gasteiger partial charge in [0.2, 0.25) is 0 Å². The van der Waals surface area contributed by atoms with Gasteiger partial charge >= 0.3 is 21.7 Å². The first-order valence-corrected chi connectivity index (χ1v) is 9.91. The van der Waals surface area contributed by atoms with Crippen LogP contribution in [0.1, 0.15) is 34.1 Å². The molecule has 0 radical (unpaired) electrons. The number of amides is 1. The highest BCUT2D eigenvalue weighted by Crippen LogP contribution is 2.30. The van der Waals surface area contributed by atoms with Gasteiger partial charge in [-0.3, -0.25) is 4.90 Å². The zero-order valence-corrected chi connectivity index (χ0v) is 18.4. The van der Waals surface area contributed by atoms with Crippen LogP contribution in [-0.4, -0.2) is 43.1 Å². The molecule has 0 N–H and O–H groups in total. The van der Waals surface area contributed by atoms with E-state index >= 15 is 0 Å². The molecule has 1 rings (SSSR count). The van der Waals surface area contributed by atoms with Gasteiger partial charge < -0.3 is 8.92 Å². The van der Waals surface area contributed by atoms with Crippen LogP contribution in [0.4, 0.5) is 18.0 Å². The van der Waals surface area contributed by atoms with Crippen molar-refractivity contribution < 1.29 is 35.3 Å². The minimum Gasteiger partial charge on any atom is -0.443 e. The number of halogens is 3. The van der Waals surface area contributed by atoms with Crippen molar-refractivity contribution in [2.75, 3.05) is 6.54 Å². The van der Waals surface area contributed by atoms with Crippen molar-refractivity contribution in [2.24, 2.45) is 0 Å². The van der Waals surface area contributed by atoms with Crippen molar-refractivity contribution in [1.82, 2.24) is 4.90 Å². The zero-order chi connectivity index (χ0) is 21.6. The largest absolute Gasteiger partial charge is 0.534 e. The van der Waals surface area contributed by atoms with Gasteiger partial charge in [-0.2, -0.15) is 35.1 Å². The number of nitrogens with zero attached hydrogens (tertiary/aromatic N) is 1. The molecule has 1 amide bonds. The summed E-state index contributed by atoms with van der Waals surface area (Å²) in [6.07, 6.45) is 10.9. The predicted octanol–water partition coefficient (Wildman–Crippen LogP) is 4.55. The Labute approximate surface area is 176 Å². The van der Waals surface area contributed by atoms with Crippen LogP contribution in [0.15, 0.2) is 48.3 Å². The monoisotopic (exact) mass is 457 g/mol. The van der Waals surface area contributed by atoms with Gasteiger partial charge in [-0.1, -0.05) is 43.4 Å². The lowest BCUT2D eigenvalue weighted by Crippen LogP contribution is -2.40. The van der Waals surface area contributed by atoms with Crippen LogP contribution in [-0.2, 0) is 19.0 Å². The molecular weight excluding hydrogens is 431 g/mol. The van der Waals surface area contributed by atoms with Gasteiger partial charge in [0.05, 0.1) is 12.6 Å². The number of rotatable bonds is 7. The van der Waals surface area contributed by atoms with Crippen LogP contribution in [0.5, 0.6) is 0 Å². The molecule has 1 atom stereocenters. The standard InChI is InChI=1S/C18H24F3NO5S.H2S/c1-5-7-8-9-10-11-14-12-15(27-28(24,25)18(19,20)21)13-22(14)16(23)26-17(3,4)6-2;/h5,7-12,14H,6,13H2,1-4H3;1H2/b7-5-,9-8-,11-10+;/t14-;/m1./s1. The second kappa shape index (κ2) is 10.8. The molecule has 0 saturated heterocycles. The van der Waals surface area contributed by atoms with E-state index < -0.39 is 45.7 Å². The molecule has 0 fully saturated rings. The van der Waals surface area contributed by atoms with Crippen molar-refractivity contribution in [3.63, 3.8) is 0 Å². The highest BCUT2D eigenvalue weighted by Gasteiger charge is 2.49. The lowest BCUT2D eigenvalue weighted by atomic mass is 10.1. The topological polar surface area (TPSA) is 72.9 Å². The van der Waals surface area contributed by atoms with Crippen LogP contribution in [0, 0.1) is 0 Å². The summed E-state index contributed by atoms with van der Waals surface area (Å²) in [5.41, 5.74) is -6.36. The van der Waals surface area contributed by atoms with Gasteiger partial charge in [0.25, 0.3) is 0 Å². The quantitative estimate of drug-likeness (QED) is 0.319. The Kier molecular flexibility index (Phi) is 10.1. The summed E-state index contributed by atoms with van der Waals surface area (Å²) in [6, 6.07) is -0.825. The summed E-state index contributed by atoms with van der Waals surface area (Å²) >= 11 is 0. The van der Waals surface area contributed by atoms with Crippen LogP contribution in [0.2, 0.25) is 0 Å². The fourth-order valence-electron chi connectivity index (χ4n) is 1.98. The molecule has 0 aliphatic carbocycles. The molecule has 0 unspecified atom stereocenters. The Morgan fingerprint density at radius 3 is 2.34 bits per heavy atom. The third-order valence-corrected chi connectivity index (χ3v) is 4.83. The average Bonchev–Trinajstić information content (AvgIpc) is 2.95. The lowest BCUT2D eigenvalue weighted by Gasteiger charge is -2.29. The molecule has 1 aliphatic rings. The second-order valence-electron chi connectivity index (χ2n) is 6.51.